The van der Waals surface area contributed by atoms with E-state index in [9.17, 15) is 10.1 Å². The van der Waals surface area contributed by atoms with E-state index in [1.54, 1.807) is 6.07 Å². The van der Waals surface area contributed by atoms with Gasteiger partial charge in [-0.1, -0.05) is 12.1 Å². The Morgan fingerprint density at radius 2 is 2.21 bits per heavy atom. The van der Waals surface area contributed by atoms with Gasteiger partial charge in [-0.2, -0.15) is 0 Å². The Labute approximate surface area is 80.9 Å². The summed E-state index contributed by atoms with van der Waals surface area (Å²) in [5, 5.41) is 11.4. The molecule has 0 spiro atoms. The fourth-order valence-corrected chi connectivity index (χ4v) is 1.64. The molecule has 14 heavy (non-hydrogen) atoms. The predicted molar refractivity (Wildman–Crippen MR) is 53.6 cm³/mol. The summed E-state index contributed by atoms with van der Waals surface area (Å²) in [6.45, 7) is -0.110. The van der Waals surface area contributed by atoms with E-state index < -0.39 is 0 Å². The third-order valence-corrected chi connectivity index (χ3v) is 2.32. The lowest BCUT2D eigenvalue weighted by molar-refractivity contribution is -0.496. The van der Waals surface area contributed by atoms with Crippen LogP contribution in [0.5, 0.6) is 0 Å². The molecule has 0 saturated carbocycles. The Hall–Kier alpha value is -1.84. The van der Waals surface area contributed by atoms with Gasteiger partial charge in [-0.25, -0.2) is 0 Å². The molecule has 0 radical (unpaired) electrons. The van der Waals surface area contributed by atoms with Crippen molar-refractivity contribution in [1.82, 2.24) is 4.57 Å². The number of hydrogen-bond donors (Lipinski definition) is 0. The molecular weight excluding hydrogens is 180 g/mol. The van der Waals surface area contributed by atoms with Crippen LogP contribution in [0.1, 0.15) is 5.56 Å². The van der Waals surface area contributed by atoms with Crippen LogP contribution >= 0.6 is 0 Å². The fourth-order valence-electron chi connectivity index (χ4n) is 1.64. The zero-order valence-corrected chi connectivity index (χ0v) is 7.80. The quantitative estimate of drug-likeness (QED) is 0.536. The first-order valence-electron chi connectivity index (χ1n) is 4.33. The second-order valence-electron chi connectivity index (χ2n) is 3.27. The second kappa shape index (κ2) is 3.14. The zero-order valence-electron chi connectivity index (χ0n) is 7.80. The van der Waals surface area contributed by atoms with Crippen LogP contribution in [0, 0.1) is 10.1 Å². The van der Waals surface area contributed by atoms with Gasteiger partial charge in [-0.05, 0) is 12.1 Å². The van der Waals surface area contributed by atoms with Crippen LogP contribution in [0.2, 0.25) is 0 Å². The standard InChI is InChI=1S/C10H10N2O2/c1-11-6-5-9-8(7-12(13)14)3-2-4-10(9)11/h2-6H,7H2,1H3. The molecule has 0 fully saturated rings. The molecule has 1 heterocycles. The average Bonchev–Trinajstić information content (AvgIpc) is 2.49. The van der Waals surface area contributed by atoms with E-state index in [1.165, 1.54) is 0 Å². The maximum Gasteiger partial charge on any atom is 0.229 e. The van der Waals surface area contributed by atoms with Crippen molar-refractivity contribution in [2.75, 3.05) is 0 Å². The van der Waals surface area contributed by atoms with Gasteiger partial charge in [0, 0.05) is 34.6 Å². The molecule has 4 nitrogen and oxygen atoms in total. The van der Waals surface area contributed by atoms with Crippen LogP contribution in [0.4, 0.5) is 0 Å². The van der Waals surface area contributed by atoms with Crippen molar-refractivity contribution < 1.29 is 4.92 Å². The Balaban J connectivity index is 2.59. The Bertz CT molecular complexity index is 488. The smallest absolute Gasteiger partial charge is 0.229 e. The molecule has 0 saturated heterocycles. The van der Waals surface area contributed by atoms with Gasteiger partial charge in [0.1, 0.15) is 0 Å². The van der Waals surface area contributed by atoms with Crippen molar-refractivity contribution in [3.63, 3.8) is 0 Å². The summed E-state index contributed by atoms with van der Waals surface area (Å²) in [6, 6.07) is 7.51. The molecule has 0 aliphatic carbocycles. The lowest BCUT2D eigenvalue weighted by atomic mass is 10.1. The Morgan fingerprint density at radius 3 is 2.93 bits per heavy atom. The Kier molecular flexibility index (Phi) is 1.96. The number of nitrogens with zero attached hydrogens (tertiary/aromatic N) is 2. The van der Waals surface area contributed by atoms with Crippen molar-refractivity contribution in [2.45, 2.75) is 6.54 Å². The maximum atomic E-state index is 10.4. The van der Waals surface area contributed by atoms with E-state index in [0.29, 0.717) is 0 Å². The van der Waals surface area contributed by atoms with Crippen molar-refractivity contribution in [3.05, 3.63) is 46.1 Å². The van der Waals surface area contributed by atoms with E-state index in [2.05, 4.69) is 0 Å². The van der Waals surface area contributed by atoms with Gasteiger partial charge in [0.25, 0.3) is 0 Å². The van der Waals surface area contributed by atoms with Gasteiger partial charge in [0.15, 0.2) is 0 Å². The van der Waals surface area contributed by atoms with Crippen LogP contribution in [-0.2, 0) is 13.6 Å². The number of nitro groups is 1. The molecule has 1 aromatic heterocycles. The van der Waals surface area contributed by atoms with Gasteiger partial charge >= 0.3 is 0 Å². The van der Waals surface area contributed by atoms with Crippen LogP contribution < -0.4 is 0 Å². The number of hydrogen-bond acceptors (Lipinski definition) is 2. The van der Waals surface area contributed by atoms with Crippen molar-refractivity contribution in [1.29, 1.82) is 0 Å². The molecule has 0 amide bonds. The monoisotopic (exact) mass is 190 g/mol. The van der Waals surface area contributed by atoms with Crippen molar-refractivity contribution in [3.8, 4) is 0 Å². The number of fused-ring (bicyclic) bond motifs is 1. The highest BCUT2D eigenvalue weighted by molar-refractivity contribution is 5.83. The minimum absolute atomic E-state index is 0.110. The van der Waals surface area contributed by atoms with Gasteiger partial charge in [-0.15, -0.1) is 0 Å². The van der Waals surface area contributed by atoms with E-state index >= 15 is 0 Å². The van der Waals surface area contributed by atoms with Crippen molar-refractivity contribution >= 4 is 10.9 Å². The van der Waals surface area contributed by atoms with E-state index in [1.807, 2.05) is 36.0 Å². The molecule has 4 heteroatoms. The largest absolute Gasteiger partial charge is 0.351 e. The first-order chi connectivity index (χ1) is 6.68. The molecule has 0 aliphatic rings. The van der Waals surface area contributed by atoms with E-state index in [0.717, 1.165) is 16.5 Å². The summed E-state index contributed by atoms with van der Waals surface area (Å²) in [7, 11) is 1.93. The zero-order chi connectivity index (χ0) is 10.1. The van der Waals surface area contributed by atoms with Crippen LogP contribution in [-0.4, -0.2) is 9.49 Å². The molecule has 2 rings (SSSR count). The maximum absolute atomic E-state index is 10.4. The lowest BCUT2D eigenvalue weighted by Crippen LogP contribution is -1.98. The summed E-state index contributed by atoms with van der Waals surface area (Å²) >= 11 is 0. The molecule has 0 N–H and O–H groups in total. The second-order valence-corrected chi connectivity index (χ2v) is 3.27. The fraction of sp³-hybridized carbons (Fsp3) is 0.200. The lowest BCUT2D eigenvalue weighted by Gasteiger charge is -1.99. The van der Waals surface area contributed by atoms with Crippen LogP contribution in [0.3, 0.4) is 0 Å². The number of benzene rings is 1. The summed E-state index contributed by atoms with van der Waals surface area (Å²) in [4.78, 5) is 10.1. The van der Waals surface area contributed by atoms with E-state index in [4.69, 9.17) is 0 Å². The van der Waals surface area contributed by atoms with Crippen LogP contribution in [0.25, 0.3) is 10.9 Å². The molecule has 0 aliphatic heterocycles. The highest BCUT2D eigenvalue weighted by atomic mass is 16.6. The highest BCUT2D eigenvalue weighted by Crippen LogP contribution is 2.19. The summed E-state index contributed by atoms with van der Waals surface area (Å²) < 4.78 is 1.96. The highest BCUT2D eigenvalue weighted by Gasteiger charge is 2.07. The van der Waals surface area contributed by atoms with Gasteiger partial charge in [0.05, 0.1) is 0 Å². The molecule has 0 atom stereocenters. The number of aryl methyl sites for hydroxylation is 1. The molecular formula is C10H10N2O2. The normalized spacial score (nSPS) is 10.6. The van der Waals surface area contributed by atoms with Crippen LogP contribution in [0.15, 0.2) is 30.5 Å². The number of rotatable bonds is 2. The molecule has 0 bridgehead atoms. The third-order valence-electron chi connectivity index (χ3n) is 2.32. The van der Waals surface area contributed by atoms with Crippen molar-refractivity contribution in [2.24, 2.45) is 7.05 Å². The third kappa shape index (κ3) is 1.35. The molecule has 72 valence electrons. The molecule has 1 aromatic carbocycles. The van der Waals surface area contributed by atoms with Gasteiger partial charge in [-0.3, -0.25) is 10.1 Å². The average molecular weight is 190 g/mol. The predicted octanol–water partition coefficient (Wildman–Crippen LogP) is 1.95. The van der Waals surface area contributed by atoms with E-state index in [-0.39, 0.29) is 11.5 Å². The Morgan fingerprint density at radius 1 is 1.43 bits per heavy atom. The number of aromatic nitrogens is 1. The summed E-state index contributed by atoms with van der Waals surface area (Å²) in [6.07, 6.45) is 1.91. The minimum Gasteiger partial charge on any atom is -0.351 e. The summed E-state index contributed by atoms with van der Waals surface area (Å²) in [5.74, 6) is 0. The molecule has 0 unspecified atom stereocenters. The topological polar surface area (TPSA) is 48.1 Å². The summed E-state index contributed by atoms with van der Waals surface area (Å²) in [5.41, 5.74) is 1.80. The first-order valence-corrected chi connectivity index (χ1v) is 4.33. The van der Waals surface area contributed by atoms with Gasteiger partial charge in [0.2, 0.25) is 6.54 Å². The minimum atomic E-state index is -0.304. The SMILES string of the molecule is Cn1ccc2c(C[N+](=O)[O-])cccc21. The first kappa shape index (κ1) is 8.74. The molecule has 2 aromatic rings. The van der Waals surface area contributed by atoms with Gasteiger partial charge < -0.3 is 4.57 Å².